The van der Waals surface area contributed by atoms with Gasteiger partial charge < -0.3 is 0 Å². The fourth-order valence-electron chi connectivity index (χ4n) is 1.63. The van der Waals surface area contributed by atoms with Crippen LogP contribution in [0.4, 0.5) is 0 Å². The van der Waals surface area contributed by atoms with Crippen molar-refractivity contribution >= 4 is 27.3 Å². The van der Waals surface area contributed by atoms with Gasteiger partial charge in [0.1, 0.15) is 10.7 Å². The first-order valence-electron chi connectivity index (χ1n) is 5.05. The summed E-state index contributed by atoms with van der Waals surface area (Å²) in [4.78, 5) is 4.32. The fraction of sp³-hybridized carbons (Fsp3) is 0. The monoisotopic (exact) mass is 305 g/mol. The number of aromatic nitrogens is 3. The van der Waals surface area contributed by atoms with Crippen LogP contribution < -0.4 is 0 Å². The van der Waals surface area contributed by atoms with E-state index >= 15 is 0 Å². The normalized spacial score (nSPS) is 10.6. The smallest absolute Gasteiger partial charge is 0.141 e. The summed E-state index contributed by atoms with van der Waals surface area (Å²) in [5.74, 6) is 0. The van der Waals surface area contributed by atoms with E-state index in [1.165, 1.54) is 0 Å². The van der Waals surface area contributed by atoms with Crippen LogP contribution in [0.25, 0.3) is 16.4 Å². The zero-order chi connectivity index (χ0) is 11.7. The first kappa shape index (κ1) is 10.7. The molecule has 0 aliphatic carbocycles. The van der Waals surface area contributed by atoms with Gasteiger partial charge in [0.15, 0.2) is 0 Å². The van der Waals surface area contributed by atoms with E-state index in [4.69, 9.17) is 0 Å². The maximum atomic E-state index is 4.36. The van der Waals surface area contributed by atoms with Gasteiger partial charge in [-0.1, -0.05) is 12.1 Å². The minimum Gasteiger partial charge on any atom is -0.243 e. The molecule has 2 aromatic heterocycles. The molecule has 0 saturated heterocycles. The third-order valence-corrected chi connectivity index (χ3v) is 3.84. The molecule has 0 aliphatic rings. The van der Waals surface area contributed by atoms with Crippen molar-refractivity contribution in [3.8, 4) is 16.4 Å². The van der Waals surface area contributed by atoms with Crippen molar-refractivity contribution in [2.24, 2.45) is 0 Å². The molecule has 17 heavy (non-hydrogen) atoms. The van der Waals surface area contributed by atoms with Crippen LogP contribution in [0.3, 0.4) is 0 Å². The molecule has 0 unspecified atom stereocenters. The fourth-order valence-corrected chi connectivity index (χ4v) is 2.73. The van der Waals surface area contributed by atoms with Crippen molar-refractivity contribution in [1.29, 1.82) is 0 Å². The minimum absolute atomic E-state index is 0.971. The van der Waals surface area contributed by atoms with Gasteiger partial charge in [-0.3, -0.25) is 0 Å². The van der Waals surface area contributed by atoms with Crippen LogP contribution in [-0.2, 0) is 0 Å². The molecule has 3 rings (SSSR count). The molecule has 0 radical (unpaired) electrons. The molecule has 0 N–H and O–H groups in total. The summed E-state index contributed by atoms with van der Waals surface area (Å²) in [7, 11) is 0. The second-order valence-corrected chi connectivity index (χ2v) is 5.17. The number of hydrogen-bond donors (Lipinski definition) is 0. The molecule has 2 heterocycles. The minimum atomic E-state index is 0.971. The molecular formula is C12H8BrN3S. The molecule has 3 aromatic rings. The number of hydrogen-bond acceptors (Lipinski definition) is 3. The van der Waals surface area contributed by atoms with Gasteiger partial charge in [0.2, 0.25) is 0 Å². The first-order valence-corrected chi connectivity index (χ1v) is 6.72. The van der Waals surface area contributed by atoms with E-state index in [1.54, 1.807) is 23.7 Å². The lowest BCUT2D eigenvalue weighted by molar-refractivity contribution is 0.882. The van der Waals surface area contributed by atoms with Crippen molar-refractivity contribution in [1.82, 2.24) is 14.8 Å². The molecule has 5 heteroatoms. The maximum Gasteiger partial charge on any atom is 0.141 e. The van der Waals surface area contributed by atoms with Gasteiger partial charge in [0.05, 0.1) is 11.9 Å². The van der Waals surface area contributed by atoms with Crippen LogP contribution in [0.5, 0.6) is 0 Å². The molecule has 0 amide bonds. The number of thiazole rings is 1. The van der Waals surface area contributed by atoms with Gasteiger partial charge in [0, 0.05) is 16.0 Å². The van der Waals surface area contributed by atoms with Gasteiger partial charge in [-0.25, -0.2) is 9.67 Å². The zero-order valence-corrected chi connectivity index (χ0v) is 11.1. The molecule has 84 valence electrons. The van der Waals surface area contributed by atoms with Crippen molar-refractivity contribution in [2.75, 3.05) is 0 Å². The van der Waals surface area contributed by atoms with Crippen LogP contribution in [-0.4, -0.2) is 14.8 Å². The topological polar surface area (TPSA) is 30.7 Å². The van der Waals surface area contributed by atoms with Crippen LogP contribution in [0.2, 0.25) is 0 Å². The van der Waals surface area contributed by atoms with Crippen molar-refractivity contribution in [3.05, 3.63) is 52.6 Å². The highest BCUT2D eigenvalue weighted by molar-refractivity contribution is 9.10. The average Bonchev–Trinajstić information content (AvgIpc) is 3.00. The number of nitrogens with zero attached hydrogens (tertiary/aromatic N) is 3. The molecule has 0 bridgehead atoms. The standard InChI is InChI=1S/C12H8BrN3S/c13-9-3-1-2-4-10(9)16-11(5-6-15-16)12-14-7-8-17-12/h1-8H. The Kier molecular flexibility index (Phi) is 2.78. The second kappa shape index (κ2) is 4.43. The Bertz CT molecular complexity index is 631. The lowest BCUT2D eigenvalue weighted by atomic mass is 10.3. The first-order chi connectivity index (χ1) is 8.36. The Morgan fingerprint density at radius 1 is 1.12 bits per heavy atom. The molecule has 0 atom stereocenters. The molecule has 1 aromatic carbocycles. The quantitative estimate of drug-likeness (QED) is 0.722. The summed E-state index contributed by atoms with van der Waals surface area (Å²) in [6, 6.07) is 9.97. The SMILES string of the molecule is Brc1ccccc1-n1nccc1-c1nccs1. The van der Waals surface area contributed by atoms with Gasteiger partial charge in [-0.2, -0.15) is 5.10 Å². The summed E-state index contributed by atoms with van der Waals surface area (Å²) < 4.78 is 2.91. The van der Waals surface area contributed by atoms with Gasteiger partial charge >= 0.3 is 0 Å². The number of benzene rings is 1. The zero-order valence-electron chi connectivity index (χ0n) is 8.75. The lowest BCUT2D eigenvalue weighted by Gasteiger charge is -2.07. The molecule has 3 nitrogen and oxygen atoms in total. The van der Waals surface area contributed by atoms with Crippen molar-refractivity contribution in [2.45, 2.75) is 0 Å². The molecule has 0 spiro atoms. The molecular weight excluding hydrogens is 298 g/mol. The largest absolute Gasteiger partial charge is 0.243 e. The van der Waals surface area contributed by atoms with E-state index < -0.39 is 0 Å². The van der Waals surface area contributed by atoms with E-state index in [1.807, 2.05) is 40.4 Å². The number of halogens is 1. The van der Waals surface area contributed by atoms with Gasteiger partial charge in [0.25, 0.3) is 0 Å². The van der Waals surface area contributed by atoms with E-state index in [-0.39, 0.29) is 0 Å². The lowest BCUT2D eigenvalue weighted by Crippen LogP contribution is -1.99. The predicted octanol–water partition coefficient (Wildman–Crippen LogP) is 3.76. The average molecular weight is 306 g/mol. The highest BCUT2D eigenvalue weighted by Crippen LogP contribution is 2.27. The summed E-state index contributed by atoms with van der Waals surface area (Å²) >= 11 is 5.15. The number of para-hydroxylation sites is 1. The van der Waals surface area contributed by atoms with E-state index in [0.717, 1.165) is 20.9 Å². The Morgan fingerprint density at radius 3 is 2.76 bits per heavy atom. The van der Waals surface area contributed by atoms with Crippen LogP contribution in [0.1, 0.15) is 0 Å². The predicted molar refractivity (Wildman–Crippen MR) is 72.4 cm³/mol. The van der Waals surface area contributed by atoms with E-state index in [9.17, 15) is 0 Å². The van der Waals surface area contributed by atoms with Crippen LogP contribution in [0, 0.1) is 0 Å². The summed E-state index contributed by atoms with van der Waals surface area (Å²) in [6.07, 6.45) is 3.59. The van der Waals surface area contributed by atoms with Crippen molar-refractivity contribution < 1.29 is 0 Å². The third kappa shape index (κ3) is 1.92. The summed E-state index contributed by atoms with van der Waals surface area (Å²) in [6.45, 7) is 0. The Balaban J connectivity index is 2.17. The van der Waals surface area contributed by atoms with E-state index in [2.05, 4.69) is 26.0 Å². The maximum absolute atomic E-state index is 4.36. The Labute approximate surface area is 111 Å². The highest BCUT2D eigenvalue weighted by Gasteiger charge is 2.11. The van der Waals surface area contributed by atoms with Crippen LogP contribution >= 0.6 is 27.3 Å². The summed E-state index contributed by atoms with van der Waals surface area (Å²) in [5, 5.41) is 7.29. The van der Waals surface area contributed by atoms with E-state index in [0.29, 0.717) is 0 Å². The summed E-state index contributed by atoms with van der Waals surface area (Å²) in [5.41, 5.74) is 2.02. The third-order valence-electron chi connectivity index (χ3n) is 2.37. The van der Waals surface area contributed by atoms with Crippen molar-refractivity contribution in [3.63, 3.8) is 0 Å². The second-order valence-electron chi connectivity index (χ2n) is 3.42. The molecule has 0 saturated carbocycles. The van der Waals surface area contributed by atoms with Gasteiger partial charge in [-0.05, 0) is 34.1 Å². The Hall–Kier alpha value is -1.46. The number of rotatable bonds is 2. The molecule has 0 fully saturated rings. The molecule has 0 aliphatic heterocycles. The van der Waals surface area contributed by atoms with Gasteiger partial charge in [-0.15, -0.1) is 11.3 Å². The van der Waals surface area contributed by atoms with Crippen LogP contribution in [0.15, 0.2) is 52.6 Å². The highest BCUT2D eigenvalue weighted by atomic mass is 79.9. The Morgan fingerprint density at radius 2 is 2.00 bits per heavy atom.